The van der Waals surface area contributed by atoms with Crippen LogP contribution in [-0.2, 0) is 6.54 Å². The standard InChI is InChI=1S/C17H25N3O2/c1-2-12-19-16(21)11-10-15(18-19)17(22)20(14-8-9-14)13-6-4-3-5-7-13/h10-11,13-14H,2-9,12H2,1H3. The molecule has 22 heavy (non-hydrogen) atoms. The van der Waals surface area contributed by atoms with E-state index in [1.54, 1.807) is 6.07 Å². The van der Waals surface area contributed by atoms with Gasteiger partial charge in [0, 0.05) is 24.7 Å². The zero-order chi connectivity index (χ0) is 15.5. The van der Waals surface area contributed by atoms with Crippen molar-refractivity contribution in [2.45, 2.75) is 76.9 Å². The smallest absolute Gasteiger partial charge is 0.274 e. The summed E-state index contributed by atoms with van der Waals surface area (Å²) in [5.74, 6) is 0.0132. The minimum atomic E-state index is -0.131. The summed E-state index contributed by atoms with van der Waals surface area (Å²) in [5.41, 5.74) is 0.291. The maximum Gasteiger partial charge on any atom is 0.274 e. The fraction of sp³-hybridized carbons (Fsp3) is 0.706. The Morgan fingerprint density at radius 3 is 2.50 bits per heavy atom. The van der Waals surface area contributed by atoms with E-state index in [4.69, 9.17) is 0 Å². The summed E-state index contributed by atoms with van der Waals surface area (Å²) < 4.78 is 1.42. The first-order valence-corrected chi connectivity index (χ1v) is 8.61. The van der Waals surface area contributed by atoms with Gasteiger partial charge in [-0.25, -0.2) is 4.68 Å². The van der Waals surface area contributed by atoms with Gasteiger partial charge in [0.2, 0.25) is 0 Å². The van der Waals surface area contributed by atoms with E-state index in [0.717, 1.165) is 32.1 Å². The molecule has 0 aromatic carbocycles. The summed E-state index contributed by atoms with van der Waals surface area (Å²) in [5, 5.41) is 4.30. The van der Waals surface area contributed by atoms with Crippen LogP contribution in [-0.4, -0.2) is 32.7 Å². The fourth-order valence-corrected chi connectivity index (χ4v) is 3.41. The number of aryl methyl sites for hydroxylation is 1. The number of carbonyl (C=O) groups is 1. The second-order valence-corrected chi connectivity index (χ2v) is 6.52. The van der Waals surface area contributed by atoms with Crippen molar-refractivity contribution in [2.75, 3.05) is 0 Å². The minimum absolute atomic E-state index is 0.0132. The molecule has 0 atom stereocenters. The van der Waals surface area contributed by atoms with Crippen molar-refractivity contribution in [3.8, 4) is 0 Å². The average molecular weight is 303 g/mol. The molecule has 0 N–H and O–H groups in total. The van der Waals surface area contributed by atoms with Gasteiger partial charge in [0.05, 0.1) is 0 Å². The SMILES string of the molecule is CCCn1nc(C(=O)N(C2CCCCC2)C2CC2)ccc1=O. The number of aromatic nitrogens is 2. The van der Waals surface area contributed by atoms with Crippen molar-refractivity contribution < 1.29 is 4.79 Å². The van der Waals surface area contributed by atoms with Crippen LogP contribution in [0, 0.1) is 0 Å². The fourth-order valence-electron chi connectivity index (χ4n) is 3.41. The van der Waals surface area contributed by atoms with Gasteiger partial charge >= 0.3 is 0 Å². The molecule has 0 spiro atoms. The van der Waals surface area contributed by atoms with E-state index < -0.39 is 0 Å². The van der Waals surface area contributed by atoms with Crippen molar-refractivity contribution in [3.63, 3.8) is 0 Å². The van der Waals surface area contributed by atoms with Gasteiger partial charge in [-0.05, 0) is 38.2 Å². The summed E-state index contributed by atoms with van der Waals surface area (Å²) in [6, 6.07) is 3.82. The van der Waals surface area contributed by atoms with E-state index in [1.165, 1.54) is 30.0 Å². The lowest BCUT2D eigenvalue weighted by Gasteiger charge is -2.34. The first-order valence-electron chi connectivity index (χ1n) is 8.61. The monoisotopic (exact) mass is 303 g/mol. The normalized spacial score (nSPS) is 19.1. The van der Waals surface area contributed by atoms with Gasteiger partial charge in [0.1, 0.15) is 5.69 Å². The Morgan fingerprint density at radius 2 is 1.86 bits per heavy atom. The lowest BCUT2D eigenvalue weighted by Crippen LogP contribution is -2.44. The quantitative estimate of drug-likeness (QED) is 0.840. The molecule has 1 aromatic rings. The van der Waals surface area contributed by atoms with Crippen molar-refractivity contribution in [1.82, 2.24) is 14.7 Å². The molecule has 120 valence electrons. The number of nitrogens with zero attached hydrogens (tertiary/aromatic N) is 3. The highest BCUT2D eigenvalue weighted by atomic mass is 16.2. The molecule has 5 nitrogen and oxygen atoms in total. The van der Waals surface area contributed by atoms with Crippen LogP contribution in [0.1, 0.15) is 68.8 Å². The molecule has 2 saturated carbocycles. The van der Waals surface area contributed by atoms with Gasteiger partial charge in [-0.3, -0.25) is 9.59 Å². The first-order chi connectivity index (χ1) is 10.7. The van der Waals surface area contributed by atoms with Gasteiger partial charge in [-0.1, -0.05) is 26.2 Å². The van der Waals surface area contributed by atoms with Gasteiger partial charge in [0.25, 0.3) is 11.5 Å². The summed E-state index contributed by atoms with van der Waals surface area (Å²) in [4.78, 5) is 26.8. The molecule has 1 amide bonds. The van der Waals surface area contributed by atoms with Crippen LogP contribution in [0.15, 0.2) is 16.9 Å². The maximum absolute atomic E-state index is 12.9. The largest absolute Gasteiger partial charge is 0.331 e. The highest BCUT2D eigenvalue weighted by Crippen LogP contribution is 2.34. The maximum atomic E-state index is 12.9. The number of amides is 1. The number of rotatable bonds is 5. The Hall–Kier alpha value is -1.65. The van der Waals surface area contributed by atoms with Crippen molar-refractivity contribution in [1.29, 1.82) is 0 Å². The molecule has 5 heteroatoms. The molecular formula is C17H25N3O2. The molecule has 2 aliphatic carbocycles. The first kappa shape index (κ1) is 15.3. The van der Waals surface area contributed by atoms with Crippen molar-refractivity contribution in [2.24, 2.45) is 0 Å². The van der Waals surface area contributed by atoms with Crippen LogP contribution in [0.3, 0.4) is 0 Å². The third-order valence-corrected chi connectivity index (χ3v) is 4.66. The molecule has 2 aliphatic rings. The highest BCUT2D eigenvalue weighted by molar-refractivity contribution is 5.92. The summed E-state index contributed by atoms with van der Waals surface area (Å²) >= 11 is 0. The van der Waals surface area contributed by atoms with Crippen LogP contribution in [0.25, 0.3) is 0 Å². The third kappa shape index (κ3) is 3.23. The Kier molecular flexibility index (Phi) is 4.60. The molecular weight excluding hydrogens is 278 g/mol. The molecule has 3 rings (SSSR count). The number of hydrogen-bond donors (Lipinski definition) is 0. The van der Waals surface area contributed by atoms with Gasteiger partial charge < -0.3 is 4.90 Å². The molecule has 0 bridgehead atoms. The summed E-state index contributed by atoms with van der Waals surface area (Å²) in [7, 11) is 0. The van der Waals surface area contributed by atoms with Gasteiger partial charge in [-0.2, -0.15) is 5.10 Å². The lowest BCUT2D eigenvalue weighted by molar-refractivity contribution is 0.0605. The summed E-state index contributed by atoms with van der Waals surface area (Å²) in [6.07, 6.45) is 8.97. The minimum Gasteiger partial charge on any atom is -0.331 e. The van der Waals surface area contributed by atoms with E-state index in [-0.39, 0.29) is 11.5 Å². The molecule has 0 aliphatic heterocycles. The lowest BCUT2D eigenvalue weighted by atomic mass is 9.94. The van der Waals surface area contributed by atoms with Gasteiger partial charge in [-0.15, -0.1) is 0 Å². The summed E-state index contributed by atoms with van der Waals surface area (Å²) in [6.45, 7) is 2.56. The zero-order valence-corrected chi connectivity index (χ0v) is 13.3. The molecule has 1 heterocycles. The zero-order valence-electron chi connectivity index (χ0n) is 13.3. The van der Waals surface area contributed by atoms with Crippen LogP contribution >= 0.6 is 0 Å². The van der Waals surface area contributed by atoms with E-state index >= 15 is 0 Å². The van der Waals surface area contributed by atoms with Crippen LogP contribution in [0.2, 0.25) is 0 Å². The highest BCUT2D eigenvalue weighted by Gasteiger charge is 2.38. The van der Waals surface area contributed by atoms with E-state index in [0.29, 0.717) is 24.3 Å². The van der Waals surface area contributed by atoms with E-state index in [1.807, 2.05) is 6.92 Å². The van der Waals surface area contributed by atoms with Crippen LogP contribution < -0.4 is 5.56 Å². The second-order valence-electron chi connectivity index (χ2n) is 6.52. The molecule has 1 aromatic heterocycles. The molecule has 2 fully saturated rings. The second kappa shape index (κ2) is 6.63. The Morgan fingerprint density at radius 1 is 1.18 bits per heavy atom. The van der Waals surface area contributed by atoms with Crippen LogP contribution in [0.4, 0.5) is 0 Å². The van der Waals surface area contributed by atoms with E-state index in [2.05, 4.69) is 10.00 Å². The molecule has 0 radical (unpaired) electrons. The van der Waals surface area contributed by atoms with Gasteiger partial charge in [0.15, 0.2) is 0 Å². The predicted octanol–water partition coefficient (Wildman–Crippen LogP) is 2.59. The predicted molar refractivity (Wildman–Crippen MR) is 84.9 cm³/mol. The molecule has 0 unspecified atom stereocenters. The Labute approximate surface area is 131 Å². The molecule has 0 saturated heterocycles. The van der Waals surface area contributed by atoms with Crippen molar-refractivity contribution in [3.05, 3.63) is 28.2 Å². The van der Waals surface area contributed by atoms with Crippen LogP contribution in [0.5, 0.6) is 0 Å². The topological polar surface area (TPSA) is 55.2 Å². The average Bonchev–Trinajstić information content (AvgIpc) is 3.36. The Bertz CT molecular complexity index is 586. The third-order valence-electron chi connectivity index (χ3n) is 4.66. The number of hydrogen-bond acceptors (Lipinski definition) is 3. The Balaban J connectivity index is 1.83. The van der Waals surface area contributed by atoms with Crippen molar-refractivity contribution >= 4 is 5.91 Å². The van der Waals surface area contributed by atoms with E-state index in [9.17, 15) is 9.59 Å². The number of carbonyl (C=O) groups excluding carboxylic acids is 1.